The summed E-state index contributed by atoms with van der Waals surface area (Å²) in [5.41, 5.74) is 2.35. The Bertz CT molecular complexity index is 532. The van der Waals surface area contributed by atoms with Crippen molar-refractivity contribution in [3.05, 3.63) is 50.6 Å². The molecule has 2 aromatic rings. The smallest absolute Gasteiger partial charge is 0.222 e. The zero-order chi connectivity index (χ0) is 13.1. The first-order valence-electron chi connectivity index (χ1n) is 5.53. The molecular weight excluding hydrogens is 344 g/mol. The number of hydrogen-bond donors (Lipinski definition) is 1. The lowest BCUT2D eigenvalue weighted by atomic mass is 10.1. The summed E-state index contributed by atoms with van der Waals surface area (Å²) in [7, 11) is 0. The predicted molar refractivity (Wildman–Crippen MR) is 77.9 cm³/mol. The predicted octanol–water partition coefficient (Wildman–Crippen LogP) is 3.45. The van der Waals surface area contributed by atoms with Gasteiger partial charge in [0, 0.05) is 22.5 Å². The molecule has 0 aliphatic heterocycles. The Morgan fingerprint density at radius 1 is 1.17 bits per heavy atom. The van der Waals surface area contributed by atoms with Gasteiger partial charge in [-0.2, -0.15) is 0 Å². The highest BCUT2D eigenvalue weighted by Crippen LogP contribution is 2.15. The fraction of sp³-hybridized carbons (Fsp3) is 0.231. The van der Waals surface area contributed by atoms with Crippen LogP contribution in [0.1, 0.15) is 16.7 Å². The van der Waals surface area contributed by atoms with Crippen molar-refractivity contribution < 1.29 is 4.39 Å². The number of halogens is 2. The molecule has 1 aromatic heterocycles. The van der Waals surface area contributed by atoms with Crippen molar-refractivity contribution in [2.45, 2.75) is 20.4 Å². The number of rotatable bonds is 3. The number of nitrogens with zero attached hydrogens (tertiary/aromatic N) is 2. The summed E-state index contributed by atoms with van der Waals surface area (Å²) in [6, 6.07) is 3.67. The Balaban J connectivity index is 2.08. The lowest BCUT2D eigenvalue weighted by Gasteiger charge is -2.08. The summed E-state index contributed by atoms with van der Waals surface area (Å²) in [6.45, 7) is 4.13. The van der Waals surface area contributed by atoms with Gasteiger partial charge in [-0.25, -0.2) is 14.4 Å². The Hall–Kier alpha value is -1.24. The van der Waals surface area contributed by atoms with Gasteiger partial charge >= 0.3 is 0 Å². The molecule has 2 rings (SSSR count). The van der Waals surface area contributed by atoms with Crippen molar-refractivity contribution in [1.29, 1.82) is 0 Å². The van der Waals surface area contributed by atoms with E-state index in [1.54, 1.807) is 26.2 Å². The minimum atomic E-state index is -0.135. The van der Waals surface area contributed by atoms with E-state index in [1.165, 1.54) is 0 Å². The molecule has 0 radical (unpaired) electrons. The Morgan fingerprint density at radius 3 is 2.28 bits per heavy atom. The number of nitrogens with one attached hydrogen (secondary N) is 1. The summed E-state index contributed by atoms with van der Waals surface area (Å²) in [5.74, 6) is 0.444. The van der Waals surface area contributed by atoms with E-state index in [0.29, 0.717) is 23.6 Å². The molecule has 1 heterocycles. The molecule has 94 valence electrons. The topological polar surface area (TPSA) is 37.8 Å². The largest absolute Gasteiger partial charge is 0.350 e. The molecule has 0 bridgehead atoms. The van der Waals surface area contributed by atoms with Crippen molar-refractivity contribution in [3.63, 3.8) is 0 Å². The van der Waals surface area contributed by atoms with Gasteiger partial charge < -0.3 is 5.32 Å². The molecule has 1 aromatic carbocycles. The van der Waals surface area contributed by atoms with Gasteiger partial charge in [-0.05, 0) is 53.1 Å². The molecule has 0 amide bonds. The quantitative estimate of drug-likeness (QED) is 0.856. The maximum Gasteiger partial charge on any atom is 0.222 e. The normalized spacial score (nSPS) is 10.4. The summed E-state index contributed by atoms with van der Waals surface area (Å²) in [6.07, 6.45) is 3.49. The van der Waals surface area contributed by atoms with Gasteiger partial charge in [0.1, 0.15) is 5.82 Å². The highest BCUT2D eigenvalue weighted by atomic mass is 127. The monoisotopic (exact) mass is 357 g/mol. The van der Waals surface area contributed by atoms with E-state index in [4.69, 9.17) is 0 Å². The molecule has 0 spiro atoms. The average molecular weight is 357 g/mol. The summed E-state index contributed by atoms with van der Waals surface area (Å²) in [5, 5.41) is 3.11. The van der Waals surface area contributed by atoms with Crippen molar-refractivity contribution in [2.24, 2.45) is 0 Å². The van der Waals surface area contributed by atoms with Gasteiger partial charge in [-0.1, -0.05) is 12.1 Å². The molecule has 0 atom stereocenters. The number of aromatic nitrogens is 2. The van der Waals surface area contributed by atoms with E-state index >= 15 is 0 Å². The minimum absolute atomic E-state index is 0.135. The van der Waals surface area contributed by atoms with Crippen molar-refractivity contribution in [2.75, 3.05) is 5.32 Å². The van der Waals surface area contributed by atoms with Crippen molar-refractivity contribution >= 4 is 28.5 Å². The van der Waals surface area contributed by atoms with Crippen LogP contribution in [0, 0.1) is 23.2 Å². The molecule has 18 heavy (non-hydrogen) atoms. The molecule has 0 saturated heterocycles. The third kappa shape index (κ3) is 3.16. The van der Waals surface area contributed by atoms with E-state index < -0.39 is 0 Å². The maximum absolute atomic E-state index is 13.5. The van der Waals surface area contributed by atoms with Crippen LogP contribution in [-0.4, -0.2) is 9.97 Å². The molecule has 5 heteroatoms. The molecule has 0 saturated carbocycles. The number of hydrogen-bond acceptors (Lipinski definition) is 3. The summed E-state index contributed by atoms with van der Waals surface area (Å²) < 4.78 is 14.5. The lowest BCUT2D eigenvalue weighted by Crippen LogP contribution is -2.04. The van der Waals surface area contributed by atoms with Crippen LogP contribution in [0.3, 0.4) is 0 Å². The third-order valence-electron chi connectivity index (χ3n) is 2.57. The van der Waals surface area contributed by atoms with Crippen LogP contribution in [0.5, 0.6) is 0 Å². The molecule has 3 nitrogen and oxygen atoms in total. The lowest BCUT2D eigenvalue weighted by molar-refractivity contribution is 0.608. The van der Waals surface area contributed by atoms with Crippen LogP contribution in [0.2, 0.25) is 0 Å². The third-order valence-corrected chi connectivity index (χ3v) is 3.12. The molecule has 0 fully saturated rings. The average Bonchev–Trinajstić information content (AvgIpc) is 2.35. The second-order valence-corrected chi connectivity index (χ2v) is 5.37. The fourth-order valence-electron chi connectivity index (χ4n) is 1.72. The van der Waals surface area contributed by atoms with Gasteiger partial charge in [-0.15, -0.1) is 0 Å². The van der Waals surface area contributed by atoms with Gasteiger partial charge in [0.05, 0.1) is 0 Å². The van der Waals surface area contributed by atoms with E-state index in [9.17, 15) is 4.39 Å². The maximum atomic E-state index is 13.5. The van der Waals surface area contributed by atoms with Crippen molar-refractivity contribution in [3.8, 4) is 0 Å². The summed E-state index contributed by atoms with van der Waals surface area (Å²) in [4.78, 5) is 8.30. The number of aryl methyl sites for hydroxylation is 2. The fourth-order valence-corrected chi connectivity index (χ4v) is 2.00. The zero-order valence-electron chi connectivity index (χ0n) is 10.2. The second-order valence-electron chi connectivity index (χ2n) is 4.12. The Morgan fingerprint density at radius 2 is 1.72 bits per heavy atom. The molecular formula is C13H13FIN3. The van der Waals surface area contributed by atoms with Gasteiger partial charge in [-0.3, -0.25) is 0 Å². The van der Waals surface area contributed by atoms with E-state index in [-0.39, 0.29) is 5.82 Å². The first-order valence-corrected chi connectivity index (χ1v) is 6.61. The standard InChI is InChI=1S/C13H13FIN3/c1-8-3-10(4-9(2)12(8)14)5-16-13-17-6-11(15)7-18-13/h3-4,6-7H,5H2,1-2H3,(H,16,17,18). The molecule has 0 unspecified atom stereocenters. The van der Waals surface area contributed by atoms with Crippen LogP contribution in [0.15, 0.2) is 24.5 Å². The molecule has 0 aliphatic rings. The van der Waals surface area contributed by atoms with E-state index in [1.807, 2.05) is 12.1 Å². The Labute approximate surface area is 119 Å². The van der Waals surface area contributed by atoms with Crippen molar-refractivity contribution in [1.82, 2.24) is 9.97 Å². The number of anilines is 1. The second kappa shape index (κ2) is 5.60. The van der Waals surface area contributed by atoms with Crippen LogP contribution >= 0.6 is 22.6 Å². The minimum Gasteiger partial charge on any atom is -0.350 e. The van der Waals surface area contributed by atoms with Gasteiger partial charge in [0.15, 0.2) is 0 Å². The number of benzene rings is 1. The molecule has 0 aliphatic carbocycles. The SMILES string of the molecule is Cc1cc(CNc2ncc(I)cn2)cc(C)c1F. The van der Waals surface area contributed by atoms with Crippen LogP contribution in [0.4, 0.5) is 10.3 Å². The highest BCUT2D eigenvalue weighted by Gasteiger charge is 2.04. The van der Waals surface area contributed by atoms with Crippen LogP contribution in [0.25, 0.3) is 0 Å². The van der Waals surface area contributed by atoms with E-state index in [2.05, 4.69) is 37.9 Å². The van der Waals surface area contributed by atoms with Crippen LogP contribution < -0.4 is 5.32 Å². The van der Waals surface area contributed by atoms with E-state index in [0.717, 1.165) is 9.13 Å². The summed E-state index contributed by atoms with van der Waals surface area (Å²) >= 11 is 2.15. The van der Waals surface area contributed by atoms with Gasteiger partial charge in [0.2, 0.25) is 5.95 Å². The van der Waals surface area contributed by atoms with Gasteiger partial charge in [0.25, 0.3) is 0 Å². The van der Waals surface area contributed by atoms with Crippen LogP contribution in [-0.2, 0) is 6.54 Å². The first kappa shape index (κ1) is 13.2. The zero-order valence-corrected chi connectivity index (χ0v) is 12.3. The first-order chi connectivity index (χ1) is 8.56. The Kier molecular flexibility index (Phi) is 4.11. The highest BCUT2D eigenvalue weighted by molar-refractivity contribution is 14.1. The molecule has 1 N–H and O–H groups in total.